The molecule has 0 saturated carbocycles. The van der Waals surface area contributed by atoms with Crippen LogP contribution in [0.4, 0.5) is 5.69 Å². The maximum Gasteiger partial charge on any atom is 0.251 e. The van der Waals surface area contributed by atoms with Gasteiger partial charge in [0.15, 0.2) is 0 Å². The molecule has 3 rings (SSSR count). The molecule has 0 saturated heterocycles. The van der Waals surface area contributed by atoms with Crippen molar-refractivity contribution in [2.45, 2.75) is 13.3 Å². The SMILES string of the molecule is COc1cccc(N(CCCS(C)(=O)=O)C(=O)/C=C(\C)c2n[nH]c3ccccc23)c1. The Bertz CT molecular complexity index is 1180. The summed E-state index contributed by atoms with van der Waals surface area (Å²) in [6, 6.07) is 14.9. The Kier molecular flexibility index (Phi) is 6.56. The number of aromatic nitrogens is 2. The van der Waals surface area contributed by atoms with Gasteiger partial charge in [-0.25, -0.2) is 8.42 Å². The molecule has 1 N–H and O–H groups in total. The van der Waals surface area contributed by atoms with Crippen LogP contribution in [0.25, 0.3) is 16.5 Å². The van der Waals surface area contributed by atoms with Crippen LogP contribution in [0.5, 0.6) is 5.75 Å². The number of sulfone groups is 1. The molecule has 0 aliphatic rings. The number of benzene rings is 2. The van der Waals surface area contributed by atoms with E-state index in [1.807, 2.05) is 31.2 Å². The quantitative estimate of drug-likeness (QED) is 0.556. The van der Waals surface area contributed by atoms with Crippen LogP contribution in [0.2, 0.25) is 0 Å². The van der Waals surface area contributed by atoms with Crippen LogP contribution in [-0.4, -0.2) is 50.2 Å². The van der Waals surface area contributed by atoms with Crippen molar-refractivity contribution in [3.05, 3.63) is 60.3 Å². The topological polar surface area (TPSA) is 92.4 Å². The molecule has 0 bridgehead atoms. The second-order valence-corrected chi connectivity index (χ2v) is 9.38. The van der Waals surface area contributed by atoms with Gasteiger partial charge in [0.05, 0.1) is 24.1 Å². The molecule has 8 heteroatoms. The molecule has 0 fully saturated rings. The molecule has 30 heavy (non-hydrogen) atoms. The van der Waals surface area contributed by atoms with Gasteiger partial charge in [-0.05, 0) is 37.1 Å². The van der Waals surface area contributed by atoms with Crippen molar-refractivity contribution in [2.75, 3.05) is 30.6 Å². The number of rotatable bonds is 8. The zero-order valence-corrected chi connectivity index (χ0v) is 18.1. The molecule has 0 radical (unpaired) electrons. The molecule has 0 aliphatic heterocycles. The van der Waals surface area contributed by atoms with Crippen molar-refractivity contribution in [1.82, 2.24) is 10.2 Å². The molecule has 1 amide bonds. The highest BCUT2D eigenvalue weighted by Gasteiger charge is 2.17. The number of carbonyl (C=O) groups is 1. The number of methoxy groups -OCH3 is 1. The third kappa shape index (κ3) is 5.27. The number of ether oxygens (including phenoxy) is 1. The predicted octanol–water partition coefficient (Wildman–Crippen LogP) is 3.44. The molecule has 0 unspecified atom stereocenters. The van der Waals surface area contributed by atoms with Gasteiger partial charge in [0.1, 0.15) is 15.6 Å². The Morgan fingerprint density at radius 2 is 1.97 bits per heavy atom. The highest BCUT2D eigenvalue weighted by molar-refractivity contribution is 7.90. The van der Waals surface area contributed by atoms with Crippen LogP contribution in [-0.2, 0) is 14.6 Å². The summed E-state index contributed by atoms with van der Waals surface area (Å²) in [6.07, 6.45) is 3.06. The summed E-state index contributed by atoms with van der Waals surface area (Å²) in [5, 5.41) is 8.24. The summed E-state index contributed by atoms with van der Waals surface area (Å²) in [4.78, 5) is 14.7. The third-order valence-corrected chi connectivity index (χ3v) is 5.74. The summed E-state index contributed by atoms with van der Waals surface area (Å²) in [5.41, 5.74) is 2.96. The first-order valence-corrected chi connectivity index (χ1v) is 11.6. The minimum Gasteiger partial charge on any atom is -0.497 e. The largest absolute Gasteiger partial charge is 0.497 e. The lowest BCUT2D eigenvalue weighted by Gasteiger charge is -2.22. The van der Waals surface area contributed by atoms with E-state index in [1.54, 1.807) is 36.3 Å². The number of H-pyrrole nitrogens is 1. The smallest absolute Gasteiger partial charge is 0.251 e. The molecule has 0 spiro atoms. The lowest BCUT2D eigenvalue weighted by atomic mass is 10.1. The highest BCUT2D eigenvalue weighted by Crippen LogP contribution is 2.25. The molecular weight excluding hydrogens is 402 g/mol. The summed E-state index contributed by atoms with van der Waals surface area (Å²) in [5.74, 6) is 0.377. The average Bonchev–Trinajstić information content (AvgIpc) is 3.14. The van der Waals surface area contributed by atoms with Crippen molar-refractivity contribution in [2.24, 2.45) is 0 Å². The fourth-order valence-corrected chi connectivity index (χ4v) is 3.88. The van der Waals surface area contributed by atoms with E-state index in [4.69, 9.17) is 4.74 Å². The number of fused-ring (bicyclic) bond motifs is 1. The zero-order chi connectivity index (χ0) is 21.7. The Morgan fingerprint density at radius 3 is 2.70 bits per heavy atom. The third-order valence-electron chi connectivity index (χ3n) is 4.71. The standard InChI is InChI=1S/C22H25N3O4S/c1-16(22-19-10-4-5-11-20(19)23-24-22)14-21(26)25(12-7-13-30(3,27)28)17-8-6-9-18(15-17)29-2/h4-6,8-11,14-15H,7,12-13H2,1-3H3,(H,23,24)/b16-14+. The van der Waals surface area contributed by atoms with Gasteiger partial charge in [-0.2, -0.15) is 5.10 Å². The van der Waals surface area contributed by atoms with Gasteiger partial charge < -0.3 is 9.64 Å². The van der Waals surface area contributed by atoms with Gasteiger partial charge in [0, 0.05) is 36.0 Å². The van der Waals surface area contributed by atoms with Crippen molar-refractivity contribution < 1.29 is 17.9 Å². The second kappa shape index (κ2) is 9.13. The van der Waals surface area contributed by atoms with E-state index < -0.39 is 9.84 Å². The fourth-order valence-electron chi connectivity index (χ4n) is 3.23. The van der Waals surface area contributed by atoms with E-state index in [1.165, 1.54) is 12.3 Å². The number of anilines is 1. The normalized spacial score (nSPS) is 12.2. The Balaban J connectivity index is 1.91. The Morgan fingerprint density at radius 1 is 1.20 bits per heavy atom. The number of hydrogen-bond acceptors (Lipinski definition) is 5. The molecule has 1 aromatic heterocycles. The number of nitrogens with zero attached hydrogens (tertiary/aromatic N) is 2. The fraction of sp³-hybridized carbons (Fsp3) is 0.273. The van der Waals surface area contributed by atoms with E-state index in [2.05, 4.69) is 10.2 Å². The summed E-state index contributed by atoms with van der Waals surface area (Å²) < 4.78 is 28.3. The van der Waals surface area contributed by atoms with Crippen molar-refractivity contribution in [3.8, 4) is 5.75 Å². The minimum absolute atomic E-state index is 0.00739. The maximum atomic E-state index is 13.2. The van der Waals surface area contributed by atoms with Crippen molar-refractivity contribution in [1.29, 1.82) is 0 Å². The van der Waals surface area contributed by atoms with Crippen LogP contribution in [0.3, 0.4) is 0 Å². The van der Waals surface area contributed by atoms with E-state index in [0.29, 0.717) is 29.1 Å². The van der Waals surface area contributed by atoms with Gasteiger partial charge >= 0.3 is 0 Å². The Hall–Kier alpha value is -3.13. The van der Waals surface area contributed by atoms with Crippen molar-refractivity contribution in [3.63, 3.8) is 0 Å². The molecule has 0 atom stereocenters. The number of allylic oxidation sites excluding steroid dienone is 1. The van der Waals surface area contributed by atoms with Crippen LogP contribution in [0, 0.1) is 0 Å². The van der Waals surface area contributed by atoms with Crippen LogP contribution < -0.4 is 9.64 Å². The molecule has 0 aliphatic carbocycles. The van der Waals surface area contributed by atoms with Crippen molar-refractivity contribution >= 4 is 37.9 Å². The van der Waals surface area contributed by atoms with E-state index in [0.717, 1.165) is 10.9 Å². The Labute approximate surface area is 176 Å². The predicted molar refractivity (Wildman–Crippen MR) is 119 cm³/mol. The molecule has 3 aromatic rings. The van der Waals surface area contributed by atoms with E-state index >= 15 is 0 Å². The summed E-state index contributed by atoms with van der Waals surface area (Å²) in [6.45, 7) is 2.10. The monoisotopic (exact) mass is 427 g/mol. The molecule has 1 heterocycles. The minimum atomic E-state index is -3.12. The number of para-hydroxylation sites is 1. The first kappa shape index (κ1) is 21.6. The van der Waals surface area contributed by atoms with Crippen LogP contribution in [0.1, 0.15) is 19.0 Å². The number of carbonyl (C=O) groups excluding carboxylic acids is 1. The van der Waals surface area contributed by atoms with Gasteiger partial charge in [-0.1, -0.05) is 24.3 Å². The average molecular weight is 428 g/mol. The zero-order valence-electron chi connectivity index (χ0n) is 17.3. The number of aromatic amines is 1. The number of hydrogen-bond donors (Lipinski definition) is 1. The second-order valence-electron chi connectivity index (χ2n) is 7.12. The lowest BCUT2D eigenvalue weighted by Crippen LogP contribution is -2.31. The molecule has 7 nitrogen and oxygen atoms in total. The first-order chi connectivity index (χ1) is 14.3. The van der Waals surface area contributed by atoms with Crippen LogP contribution >= 0.6 is 0 Å². The highest BCUT2D eigenvalue weighted by atomic mass is 32.2. The van der Waals surface area contributed by atoms with Crippen LogP contribution in [0.15, 0.2) is 54.6 Å². The van der Waals surface area contributed by atoms with E-state index in [-0.39, 0.29) is 18.2 Å². The van der Waals surface area contributed by atoms with Gasteiger partial charge in [0.25, 0.3) is 5.91 Å². The van der Waals surface area contributed by atoms with Gasteiger partial charge in [0.2, 0.25) is 0 Å². The number of nitrogens with one attached hydrogen (secondary N) is 1. The van der Waals surface area contributed by atoms with Gasteiger partial charge in [-0.15, -0.1) is 0 Å². The lowest BCUT2D eigenvalue weighted by molar-refractivity contribution is -0.114. The summed E-state index contributed by atoms with van der Waals surface area (Å²) in [7, 11) is -1.56. The van der Waals surface area contributed by atoms with Gasteiger partial charge in [-0.3, -0.25) is 9.89 Å². The number of amides is 1. The van der Waals surface area contributed by atoms with E-state index in [9.17, 15) is 13.2 Å². The maximum absolute atomic E-state index is 13.2. The summed E-state index contributed by atoms with van der Waals surface area (Å²) >= 11 is 0. The first-order valence-electron chi connectivity index (χ1n) is 9.53. The molecular formula is C22H25N3O4S. The molecule has 2 aromatic carbocycles. The molecule has 158 valence electrons.